The first kappa shape index (κ1) is 20.2. The Morgan fingerprint density at radius 3 is 2.23 bits per heavy atom. The summed E-state index contributed by atoms with van der Waals surface area (Å²) < 4.78 is 5.20. The molecular formula is C25H28N2O3. The molecule has 0 saturated carbocycles. The maximum Gasteiger partial charge on any atom is 0.277 e. The van der Waals surface area contributed by atoms with Gasteiger partial charge in [-0.15, -0.1) is 0 Å². The summed E-state index contributed by atoms with van der Waals surface area (Å²) in [4.78, 5) is 30.3. The van der Waals surface area contributed by atoms with Gasteiger partial charge in [0.05, 0.1) is 12.7 Å². The van der Waals surface area contributed by atoms with Crippen LogP contribution in [0.25, 0.3) is 5.57 Å². The van der Waals surface area contributed by atoms with Crippen LogP contribution in [0.5, 0.6) is 5.75 Å². The zero-order valence-corrected chi connectivity index (χ0v) is 17.9. The lowest BCUT2D eigenvalue weighted by Crippen LogP contribution is -2.36. The van der Waals surface area contributed by atoms with Gasteiger partial charge in [-0.3, -0.25) is 14.5 Å². The minimum atomic E-state index is -0.182. The van der Waals surface area contributed by atoms with Gasteiger partial charge in [0, 0.05) is 19.6 Å². The first-order chi connectivity index (χ1) is 14.5. The van der Waals surface area contributed by atoms with Crippen molar-refractivity contribution in [1.29, 1.82) is 0 Å². The topological polar surface area (TPSA) is 49.9 Å². The maximum absolute atomic E-state index is 13.4. The third kappa shape index (κ3) is 3.72. The number of amides is 2. The molecule has 5 heteroatoms. The van der Waals surface area contributed by atoms with Gasteiger partial charge in [-0.2, -0.15) is 0 Å². The Labute approximate surface area is 177 Å². The van der Waals surface area contributed by atoms with E-state index in [0.29, 0.717) is 24.2 Å². The van der Waals surface area contributed by atoms with Gasteiger partial charge >= 0.3 is 0 Å². The van der Waals surface area contributed by atoms with E-state index in [1.807, 2.05) is 49.4 Å². The number of likely N-dealkylation sites (tertiary alicyclic amines) is 1. The molecular weight excluding hydrogens is 376 g/mol. The van der Waals surface area contributed by atoms with E-state index in [9.17, 15) is 9.59 Å². The second-order valence-electron chi connectivity index (χ2n) is 8.08. The van der Waals surface area contributed by atoms with Crippen molar-refractivity contribution in [3.05, 3.63) is 70.4 Å². The normalized spacial score (nSPS) is 16.8. The maximum atomic E-state index is 13.4. The van der Waals surface area contributed by atoms with Crippen LogP contribution in [0.1, 0.15) is 35.1 Å². The summed E-state index contributed by atoms with van der Waals surface area (Å²) in [5.74, 6) is 0.449. The van der Waals surface area contributed by atoms with Crippen LogP contribution in [0.15, 0.2) is 48.2 Å². The average molecular weight is 405 g/mol. The molecule has 0 unspecified atom stereocenters. The molecule has 2 heterocycles. The van der Waals surface area contributed by atoms with Crippen molar-refractivity contribution in [3.63, 3.8) is 0 Å². The molecule has 2 aliphatic rings. The van der Waals surface area contributed by atoms with E-state index < -0.39 is 0 Å². The summed E-state index contributed by atoms with van der Waals surface area (Å²) in [5.41, 5.74) is 5.34. The van der Waals surface area contributed by atoms with Crippen molar-refractivity contribution >= 4 is 17.4 Å². The van der Waals surface area contributed by atoms with E-state index in [4.69, 9.17) is 4.74 Å². The highest BCUT2D eigenvalue weighted by atomic mass is 16.5. The second-order valence-corrected chi connectivity index (χ2v) is 8.08. The number of carbonyl (C=O) groups excluding carboxylic acids is 2. The Morgan fingerprint density at radius 1 is 0.900 bits per heavy atom. The molecule has 0 N–H and O–H groups in total. The Balaban J connectivity index is 1.62. The summed E-state index contributed by atoms with van der Waals surface area (Å²) in [6.45, 7) is 6.12. The number of ether oxygens (including phenoxy) is 1. The Kier molecular flexibility index (Phi) is 5.62. The van der Waals surface area contributed by atoms with E-state index >= 15 is 0 Å². The quantitative estimate of drug-likeness (QED) is 0.689. The molecule has 0 aliphatic carbocycles. The van der Waals surface area contributed by atoms with E-state index in [-0.39, 0.29) is 11.8 Å². The number of carbonyl (C=O) groups is 2. The molecule has 0 atom stereocenters. The van der Waals surface area contributed by atoms with Gasteiger partial charge in [0.25, 0.3) is 11.8 Å². The van der Waals surface area contributed by atoms with Gasteiger partial charge < -0.3 is 9.64 Å². The number of nitrogens with zero attached hydrogens (tertiary/aromatic N) is 2. The molecule has 1 saturated heterocycles. The van der Waals surface area contributed by atoms with Crippen LogP contribution in [-0.2, 0) is 16.0 Å². The first-order valence-corrected chi connectivity index (χ1v) is 10.6. The SMILES string of the molecule is COc1ccc(CCN2C(=O)C(c3ccc(C)c(C)c3)=C(N3CCCC3)C2=O)cc1. The summed E-state index contributed by atoms with van der Waals surface area (Å²) in [7, 11) is 1.64. The fraction of sp³-hybridized carbons (Fsp3) is 0.360. The molecule has 0 aromatic heterocycles. The van der Waals surface area contributed by atoms with Crippen LogP contribution in [0.4, 0.5) is 0 Å². The van der Waals surface area contributed by atoms with Gasteiger partial charge in [-0.25, -0.2) is 0 Å². The monoisotopic (exact) mass is 404 g/mol. The number of hydrogen-bond acceptors (Lipinski definition) is 4. The number of hydrogen-bond donors (Lipinski definition) is 0. The van der Waals surface area contributed by atoms with Gasteiger partial charge in [-0.1, -0.05) is 30.3 Å². The minimum Gasteiger partial charge on any atom is -0.497 e. The Bertz CT molecular complexity index is 1000. The molecule has 0 radical (unpaired) electrons. The number of aryl methyl sites for hydroxylation is 2. The molecule has 0 bridgehead atoms. The predicted octanol–water partition coefficient (Wildman–Crippen LogP) is 3.73. The van der Waals surface area contributed by atoms with Crippen LogP contribution >= 0.6 is 0 Å². The van der Waals surface area contributed by atoms with E-state index in [1.54, 1.807) is 7.11 Å². The lowest BCUT2D eigenvalue weighted by atomic mass is 9.99. The van der Waals surface area contributed by atoms with Crippen molar-refractivity contribution in [2.75, 3.05) is 26.7 Å². The standard InChI is InChI=1S/C25H28N2O3/c1-17-6-9-20(16-18(17)2)22-23(26-13-4-5-14-26)25(29)27(24(22)28)15-12-19-7-10-21(30-3)11-8-19/h6-11,16H,4-5,12-15H2,1-3H3. The van der Waals surface area contributed by atoms with Crippen molar-refractivity contribution < 1.29 is 14.3 Å². The summed E-state index contributed by atoms with van der Waals surface area (Å²) >= 11 is 0. The van der Waals surface area contributed by atoms with E-state index in [1.165, 1.54) is 10.5 Å². The third-order valence-electron chi connectivity index (χ3n) is 6.14. The molecule has 4 rings (SSSR count). The number of imide groups is 1. The first-order valence-electron chi connectivity index (χ1n) is 10.6. The summed E-state index contributed by atoms with van der Waals surface area (Å²) in [6, 6.07) is 13.8. The Hall–Kier alpha value is -3.08. The lowest BCUT2D eigenvalue weighted by molar-refractivity contribution is -0.137. The molecule has 2 aromatic carbocycles. The molecule has 2 aromatic rings. The van der Waals surface area contributed by atoms with Crippen LogP contribution in [0.2, 0.25) is 0 Å². The van der Waals surface area contributed by atoms with Gasteiger partial charge in [-0.05, 0) is 67.5 Å². The van der Waals surface area contributed by atoms with Gasteiger partial charge in [0.15, 0.2) is 0 Å². The smallest absolute Gasteiger partial charge is 0.277 e. The van der Waals surface area contributed by atoms with Crippen molar-refractivity contribution in [2.24, 2.45) is 0 Å². The van der Waals surface area contributed by atoms with Gasteiger partial charge in [0.1, 0.15) is 11.4 Å². The number of rotatable bonds is 6. The number of methoxy groups -OCH3 is 1. The van der Waals surface area contributed by atoms with Crippen LogP contribution in [0.3, 0.4) is 0 Å². The lowest BCUT2D eigenvalue weighted by Gasteiger charge is -2.20. The van der Waals surface area contributed by atoms with Crippen LogP contribution in [-0.4, -0.2) is 48.4 Å². The van der Waals surface area contributed by atoms with E-state index in [0.717, 1.165) is 48.4 Å². The predicted molar refractivity (Wildman–Crippen MR) is 117 cm³/mol. The fourth-order valence-electron chi connectivity index (χ4n) is 4.19. The van der Waals surface area contributed by atoms with Crippen molar-refractivity contribution in [1.82, 2.24) is 9.80 Å². The molecule has 156 valence electrons. The average Bonchev–Trinajstić information content (AvgIpc) is 3.36. The molecule has 2 amide bonds. The van der Waals surface area contributed by atoms with Crippen molar-refractivity contribution in [2.45, 2.75) is 33.1 Å². The highest BCUT2D eigenvalue weighted by Crippen LogP contribution is 2.34. The molecule has 0 spiro atoms. The third-order valence-corrected chi connectivity index (χ3v) is 6.14. The van der Waals surface area contributed by atoms with E-state index in [2.05, 4.69) is 11.8 Å². The summed E-state index contributed by atoms with van der Waals surface area (Å²) in [6.07, 6.45) is 2.73. The van der Waals surface area contributed by atoms with Gasteiger partial charge in [0.2, 0.25) is 0 Å². The van der Waals surface area contributed by atoms with Crippen LogP contribution < -0.4 is 4.74 Å². The molecule has 5 nitrogen and oxygen atoms in total. The zero-order chi connectivity index (χ0) is 21.3. The molecule has 1 fully saturated rings. The molecule has 2 aliphatic heterocycles. The zero-order valence-electron chi connectivity index (χ0n) is 17.9. The molecule has 30 heavy (non-hydrogen) atoms. The Morgan fingerprint density at radius 2 is 1.60 bits per heavy atom. The number of benzene rings is 2. The highest BCUT2D eigenvalue weighted by Gasteiger charge is 2.41. The van der Waals surface area contributed by atoms with Crippen LogP contribution in [0, 0.1) is 13.8 Å². The largest absolute Gasteiger partial charge is 0.497 e. The second kappa shape index (κ2) is 8.34. The minimum absolute atomic E-state index is 0.163. The fourth-order valence-corrected chi connectivity index (χ4v) is 4.19. The highest BCUT2D eigenvalue weighted by molar-refractivity contribution is 6.35. The summed E-state index contributed by atoms with van der Waals surface area (Å²) in [5, 5.41) is 0. The van der Waals surface area contributed by atoms with Crippen molar-refractivity contribution in [3.8, 4) is 5.75 Å².